The van der Waals surface area contributed by atoms with E-state index in [1.54, 1.807) is 0 Å². The van der Waals surface area contributed by atoms with E-state index in [2.05, 4.69) is 21.8 Å². The molecule has 26 heavy (non-hydrogen) atoms. The van der Waals surface area contributed by atoms with Gasteiger partial charge in [0.1, 0.15) is 0 Å². The van der Waals surface area contributed by atoms with Crippen molar-refractivity contribution in [1.82, 2.24) is 14.1 Å². The lowest BCUT2D eigenvalue weighted by Crippen LogP contribution is -2.16. The number of aryl methyl sites for hydroxylation is 1. The molecule has 0 unspecified atom stereocenters. The fourth-order valence-corrected chi connectivity index (χ4v) is 3.42. The second-order valence-corrected chi connectivity index (χ2v) is 6.52. The third kappa shape index (κ3) is 3.37. The van der Waals surface area contributed by atoms with Gasteiger partial charge in [-0.2, -0.15) is 0 Å². The third-order valence-electron chi connectivity index (χ3n) is 4.67. The Morgan fingerprint density at radius 3 is 2.73 bits per heavy atom. The van der Waals surface area contributed by atoms with Gasteiger partial charge in [-0.05, 0) is 38.5 Å². The SMILES string of the molecule is CCCn1c(C)cc(C(=O)Cn2c(NCCO)nc3ccccc32)c1C. The van der Waals surface area contributed by atoms with Crippen LogP contribution in [0.2, 0.25) is 0 Å². The summed E-state index contributed by atoms with van der Waals surface area (Å²) in [6.07, 6.45) is 1.03. The molecule has 0 spiro atoms. The van der Waals surface area contributed by atoms with E-state index in [9.17, 15) is 4.79 Å². The van der Waals surface area contributed by atoms with Crippen molar-refractivity contribution >= 4 is 22.8 Å². The van der Waals surface area contributed by atoms with Crippen molar-refractivity contribution in [2.24, 2.45) is 0 Å². The number of fused-ring (bicyclic) bond motifs is 1. The number of nitrogens with zero attached hydrogens (tertiary/aromatic N) is 3. The number of hydrogen-bond donors (Lipinski definition) is 2. The molecule has 0 saturated carbocycles. The van der Waals surface area contributed by atoms with Gasteiger partial charge in [0.05, 0.1) is 24.2 Å². The minimum atomic E-state index is 0.00925. The summed E-state index contributed by atoms with van der Waals surface area (Å²) in [6.45, 7) is 7.72. The number of aromatic nitrogens is 3. The Morgan fingerprint density at radius 1 is 1.23 bits per heavy atom. The number of carbonyl (C=O) groups excluding carboxylic acids is 1. The number of carbonyl (C=O) groups is 1. The largest absolute Gasteiger partial charge is 0.395 e. The number of anilines is 1. The predicted octanol–water partition coefficient (Wildman–Crippen LogP) is 3.15. The summed E-state index contributed by atoms with van der Waals surface area (Å²) in [6, 6.07) is 9.73. The van der Waals surface area contributed by atoms with Gasteiger partial charge in [-0.25, -0.2) is 4.98 Å². The summed E-state index contributed by atoms with van der Waals surface area (Å²) < 4.78 is 4.09. The van der Waals surface area contributed by atoms with E-state index in [-0.39, 0.29) is 18.9 Å². The van der Waals surface area contributed by atoms with Gasteiger partial charge in [-0.15, -0.1) is 0 Å². The topological polar surface area (TPSA) is 72.1 Å². The number of ketones is 1. The Kier molecular flexibility index (Phi) is 5.42. The molecule has 0 aliphatic carbocycles. The number of Topliss-reactive ketones (excluding diaryl/α,β-unsaturated/α-hetero) is 1. The molecule has 0 bridgehead atoms. The van der Waals surface area contributed by atoms with E-state index in [4.69, 9.17) is 5.11 Å². The zero-order valence-corrected chi connectivity index (χ0v) is 15.6. The van der Waals surface area contributed by atoms with Crippen molar-refractivity contribution in [2.45, 2.75) is 40.3 Å². The highest BCUT2D eigenvalue weighted by Gasteiger charge is 2.19. The lowest BCUT2D eigenvalue weighted by atomic mass is 10.1. The zero-order chi connectivity index (χ0) is 18.7. The fraction of sp³-hybridized carbons (Fsp3) is 0.400. The molecule has 0 aliphatic heterocycles. The lowest BCUT2D eigenvalue weighted by molar-refractivity contribution is 0.0973. The molecule has 2 N–H and O–H groups in total. The second kappa shape index (κ2) is 7.74. The van der Waals surface area contributed by atoms with Gasteiger partial charge in [0, 0.05) is 30.0 Å². The molecule has 0 atom stereocenters. The molecule has 0 saturated heterocycles. The molecular weight excluding hydrogens is 328 g/mol. The molecule has 6 nitrogen and oxygen atoms in total. The predicted molar refractivity (Wildman–Crippen MR) is 104 cm³/mol. The lowest BCUT2D eigenvalue weighted by Gasteiger charge is -2.10. The van der Waals surface area contributed by atoms with Crippen LogP contribution in [0.1, 0.15) is 35.1 Å². The van der Waals surface area contributed by atoms with Crippen LogP contribution in [0.4, 0.5) is 5.95 Å². The monoisotopic (exact) mass is 354 g/mol. The van der Waals surface area contributed by atoms with Gasteiger partial charge in [0.15, 0.2) is 5.78 Å². The number of benzene rings is 1. The fourth-order valence-electron chi connectivity index (χ4n) is 3.42. The first-order valence-corrected chi connectivity index (χ1v) is 9.06. The van der Waals surface area contributed by atoms with E-state index in [1.807, 2.05) is 48.7 Å². The molecule has 6 heteroatoms. The van der Waals surface area contributed by atoms with Gasteiger partial charge in [-0.3, -0.25) is 4.79 Å². The third-order valence-corrected chi connectivity index (χ3v) is 4.67. The van der Waals surface area contributed by atoms with E-state index >= 15 is 0 Å². The van der Waals surface area contributed by atoms with Crippen molar-refractivity contribution < 1.29 is 9.90 Å². The molecule has 3 rings (SSSR count). The summed E-state index contributed by atoms with van der Waals surface area (Å²) >= 11 is 0. The van der Waals surface area contributed by atoms with E-state index in [1.165, 1.54) is 0 Å². The maximum absolute atomic E-state index is 13.0. The maximum atomic E-state index is 13.0. The van der Waals surface area contributed by atoms with E-state index in [0.29, 0.717) is 12.5 Å². The average molecular weight is 354 g/mol. The first kappa shape index (κ1) is 18.2. The molecule has 1 aromatic carbocycles. The highest BCUT2D eigenvalue weighted by molar-refractivity contribution is 5.98. The maximum Gasteiger partial charge on any atom is 0.204 e. The van der Waals surface area contributed by atoms with Crippen LogP contribution in [0.25, 0.3) is 11.0 Å². The summed E-state index contributed by atoms with van der Waals surface area (Å²) in [7, 11) is 0. The Hall–Kier alpha value is -2.60. The summed E-state index contributed by atoms with van der Waals surface area (Å²) in [5, 5.41) is 12.2. The second-order valence-electron chi connectivity index (χ2n) is 6.52. The minimum absolute atomic E-state index is 0.00925. The van der Waals surface area contributed by atoms with Crippen LogP contribution in [0.3, 0.4) is 0 Å². The van der Waals surface area contributed by atoms with Gasteiger partial charge < -0.3 is 19.6 Å². The number of rotatable bonds is 8. The Morgan fingerprint density at radius 2 is 2.00 bits per heavy atom. The zero-order valence-electron chi connectivity index (χ0n) is 15.6. The standard InChI is InChI=1S/C20H26N4O2/c1-4-10-23-14(2)12-16(15(23)3)19(26)13-24-18-8-6-5-7-17(18)22-20(24)21-9-11-25/h5-8,12,25H,4,9-11,13H2,1-3H3,(H,21,22). The molecule has 0 aliphatic rings. The van der Waals surface area contributed by atoms with Crippen LogP contribution in [-0.4, -0.2) is 38.2 Å². The Bertz CT molecular complexity index is 923. The summed E-state index contributed by atoms with van der Waals surface area (Å²) in [5.74, 6) is 0.673. The molecule has 3 aromatic rings. The van der Waals surface area contributed by atoms with E-state index < -0.39 is 0 Å². The van der Waals surface area contributed by atoms with E-state index in [0.717, 1.165) is 41.0 Å². The van der Waals surface area contributed by atoms with Gasteiger partial charge in [0.2, 0.25) is 5.95 Å². The molecular formula is C20H26N4O2. The van der Waals surface area contributed by atoms with Crippen LogP contribution in [0.5, 0.6) is 0 Å². The normalized spacial score (nSPS) is 11.2. The van der Waals surface area contributed by atoms with Gasteiger partial charge >= 0.3 is 0 Å². The summed E-state index contributed by atoms with van der Waals surface area (Å²) in [4.78, 5) is 17.6. The van der Waals surface area contributed by atoms with Crippen LogP contribution in [0.15, 0.2) is 30.3 Å². The van der Waals surface area contributed by atoms with Crippen molar-refractivity contribution in [3.8, 4) is 0 Å². The van der Waals surface area contributed by atoms with Crippen LogP contribution in [-0.2, 0) is 13.1 Å². The first-order valence-electron chi connectivity index (χ1n) is 9.06. The number of aliphatic hydroxyl groups is 1. The highest BCUT2D eigenvalue weighted by atomic mass is 16.3. The molecule has 2 heterocycles. The minimum Gasteiger partial charge on any atom is -0.395 e. The van der Waals surface area contributed by atoms with Crippen LogP contribution < -0.4 is 5.32 Å². The number of imidazole rings is 1. The van der Waals surface area contributed by atoms with Crippen molar-refractivity contribution in [3.63, 3.8) is 0 Å². The van der Waals surface area contributed by atoms with Gasteiger partial charge in [0.25, 0.3) is 0 Å². The molecule has 138 valence electrons. The Balaban J connectivity index is 1.95. The first-order chi connectivity index (χ1) is 12.6. The number of aliphatic hydroxyl groups excluding tert-OH is 1. The highest BCUT2D eigenvalue weighted by Crippen LogP contribution is 2.22. The molecule has 2 aromatic heterocycles. The summed E-state index contributed by atoms with van der Waals surface area (Å²) in [5.41, 5.74) is 4.63. The molecule has 0 fully saturated rings. The number of nitrogens with one attached hydrogen (secondary N) is 1. The van der Waals surface area contributed by atoms with Crippen molar-refractivity contribution in [1.29, 1.82) is 0 Å². The average Bonchev–Trinajstić information content (AvgIpc) is 3.12. The molecule has 0 amide bonds. The molecule has 0 radical (unpaired) electrons. The van der Waals surface area contributed by atoms with Gasteiger partial charge in [-0.1, -0.05) is 19.1 Å². The Labute approximate surface area is 153 Å². The quantitative estimate of drug-likeness (QED) is 0.610. The smallest absolute Gasteiger partial charge is 0.204 e. The number of para-hydroxylation sites is 2. The van der Waals surface area contributed by atoms with Crippen molar-refractivity contribution in [2.75, 3.05) is 18.5 Å². The van der Waals surface area contributed by atoms with Crippen molar-refractivity contribution in [3.05, 3.63) is 47.3 Å². The van der Waals surface area contributed by atoms with Crippen LogP contribution in [0, 0.1) is 13.8 Å². The number of hydrogen-bond acceptors (Lipinski definition) is 4. The van der Waals surface area contributed by atoms with Crippen LogP contribution >= 0.6 is 0 Å².